The fraction of sp³-hybridized carbons (Fsp3) is 0.333. The van der Waals surface area contributed by atoms with Crippen molar-refractivity contribution in [3.05, 3.63) is 46.1 Å². The molecule has 2 rings (SSSR count). The lowest BCUT2D eigenvalue weighted by Crippen LogP contribution is -2.45. The van der Waals surface area contributed by atoms with Crippen molar-refractivity contribution in [3.63, 3.8) is 0 Å². The highest BCUT2D eigenvalue weighted by atomic mass is 79.9. The van der Waals surface area contributed by atoms with Crippen LogP contribution in [0, 0.1) is 0 Å². The molecule has 2 amide bonds. The Morgan fingerprint density at radius 1 is 1.38 bits per heavy atom. The van der Waals surface area contributed by atoms with Gasteiger partial charge in [-0.3, -0.25) is 0 Å². The van der Waals surface area contributed by atoms with Crippen LogP contribution in [0.3, 0.4) is 0 Å². The van der Waals surface area contributed by atoms with E-state index < -0.39 is 18.0 Å². The Morgan fingerprint density at radius 2 is 2.12 bits per heavy atom. The van der Waals surface area contributed by atoms with Crippen LogP contribution in [0.15, 0.2) is 40.5 Å². The maximum atomic E-state index is 12.2. The topological polar surface area (TPSA) is 85.9 Å². The van der Waals surface area contributed by atoms with Crippen molar-refractivity contribution in [1.82, 2.24) is 10.6 Å². The van der Waals surface area contributed by atoms with Gasteiger partial charge in [-0.05, 0) is 47.5 Å². The van der Waals surface area contributed by atoms with Gasteiger partial charge in [0, 0.05) is 5.70 Å². The lowest BCUT2D eigenvalue weighted by molar-refractivity contribution is -0.136. The Bertz CT molecular complexity index is 760. The number of ether oxygens (including phenoxy) is 3. The smallest absolute Gasteiger partial charge is 0.337 e. The van der Waals surface area contributed by atoms with Crippen molar-refractivity contribution in [1.29, 1.82) is 0 Å². The van der Waals surface area contributed by atoms with Crippen molar-refractivity contribution in [2.45, 2.75) is 19.9 Å². The molecule has 0 unspecified atom stereocenters. The molecule has 1 aliphatic heterocycles. The number of hydrogen-bond donors (Lipinski definition) is 2. The van der Waals surface area contributed by atoms with Crippen molar-refractivity contribution >= 4 is 27.9 Å². The van der Waals surface area contributed by atoms with E-state index in [2.05, 4.69) is 33.1 Å². The summed E-state index contributed by atoms with van der Waals surface area (Å²) in [5.41, 5.74) is 1.41. The van der Waals surface area contributed by atoms with Crippen molar-refractivity contribution in [2.24, 2.45) is 0 Å². The predicted octanol–water partition coefficient (Wildman–Crippen LogP) is 3.21. The van der Waals surface area contributed by atoms with Crippen LogP contribution in [-0.4, -0.2) is 32.3 Å². The summed E-state index contributed by atoms with van der Waals surface area (Å²) in [6, 6.07) is 2.42. The van der Waals surface area contributed by atoms with E-state index >= 15 is 0 Å². The minimum Gasteiger partial charge on any atom is -0.490 e. The van der Waals surface area contributed by atoms with Gasteiger partial charge in [0.05, 0.1) is 29.8 Å². The van der Waals surface area contributed by atoms with Crippen molar-refractivity contribution in [3.8, 4) is 11.5 Å². The third-order valence-electron chi connectivity index (χ3n) is 3.69. The Hall–Kier alpha value is -2.48. The number of benzene rings is 1. The molecule has 0 fully saturated rings. The predicted molar refractivity (Wildman–Crippen MR) is 100 cm³/mol. The lowest BCUT2D eigenvalue weighted by Gasteiger charge is -2.28. The van der Waals surface area contributed by atoms with Gasteiger partial charge in [0.25, 0.3) is 0 Å². The van der Waals surface area contributed by atoms with Gasteiger partial charge in [-0.1, -0.05) is 12.7 Å². The molecule has 0 saturated heterocycles. The highest BCUT2D eigenvalue weighted by molar-refractivity contribution is 9.10. The highest BCUT2D eigenvalue weighted by Gasteiger charge is 2.33. The van der Waals surface area contributed by atoms with E-state index in [0.717, 1.165) is 0 Å². The number of rotatable bonds is 7. The summed E-state index contributed by atoms with van der Waals surface area (Å²) in [6.07, 6.45) is 1.63. The summed E-state index contributed by atoms with van der Waals surface area (Å²) in [5.74, 6) is 0.491. The van der Waals surface area contributed by atoms with Crippen LogP contribution in [0.5, 0.6) is 11.5 Å². The highest BCUT2D eigenvalue weighted by Crippen LogP contribution is 2.40. The molecule has 1 aromatic rings. The summed E-state index contributed by atoms with van der Waals surface area (Å²) < 4.78 is 16.8. The molecule has 1 aliphatic rings. The molecule has 0 aromatic heterocycles. The normalized spacial score (nSPS) is 16.5. The third-order valence-corrected chi connectivity index (χ3v) is 4.27. The van der Waals surface area contributed by atoms with Crippen LogP contribution in [0.2, 0.25) is 0 Å². The fourth-order valence-corrected chi connectivity index (χ4v) is 3.20. The number of methoxy groups -OCH3 is 1. The molecule has 1 heterocycles. The van der Waals surface area contributed by atoms with Crippen molar-refractivity contribution in [2.75, 3.05) is 20.3 Å². The second-order valence-electron chi connectivity index (χ2n) is 5.42. The van der Waals surface area contributed by atoms with Gasteiger partial charge in [-0.15, -0.1) is 0 Å². The molecule has 1 aromatic carbocycles. The number of esters is 1. The van der Waals surface area contributed by atoms with E-state index in [9.17, 15) is 9.59 Å². The van der Waals surface area contributed by atoms with Crippen LogP contribution in [0.1, 0.15) is 25.5 Å². The maximum Gasteiger partial charge on any atom is 0.337 e. The first kappa shape index (κ1) is 19.8. The van der Waals surface area contributed by atoms with E-state index in [-0.39, 0.29) is 0 Å². The number of carbonyl (C=O) groups is 2. The van der Waals surface area contributed by atoms with Crippen LogP contribution >= 0.6 is 15.9 Å². The molecule has 1 atom stereocenters. The molecular weight excluding hydrogens is 404 g/mol. The number of nitrogens with one attached hydrogen (secondary N) is 2. The molecule has 0 saturated carbocycles. The zero-order valence-electron chi connectivity index (χ0n) is 14.8. The second-order valence-corrected chi connectivity index (χ2v) is 6.28. The van der Waals surface area contributed by atoms with E-state index in [1.807, 2.05) is 6.92 Å². The summed E-state index contributed by atoms with van der Waals surface area (Å²) >= 11 is 3.47. The Kier molecular flexibility index (Phi) is 6.68. The Labute approximate surface area is 160 Å². The molecule has 7 nitrogen and oxygen atoms in total. The number of carbonyl (C=O) groups excluding carboxylic acids is 2. The third kappa shape index (κ3) is 4.19. The van der Waals surface area contributed by atoms with E-state index in [1.54, 1.807) is 25.1 Å². The van der Waals surface area contributed by atoms with E-state index in [4.69, 9.17) is 14.2 Å². The Morgan fingerprint density at radius 3 is 2.73 bits per heavy atom. The molecule has 0 radical (unpaired) electrons. The van der Waals surface area contributed by atoms with Crippen LogP contribution < -0.4 is 20.1 Å². The number of urea groups is 1. The molecule has 140 valence electrons. The summed E-state index contributed by atoms with van der Waals surface area (Å²) in [7, 11) is 1.30. The summed E-state index contributed by atoms with van der Waals surface area (Å²) in [6.45, 7) is 7.88. The van der Waals surface area contributed by atoms with Crippen molar-refractivity contribution < 1.29 is 23.8 Å². The fourth-order valence-electron chi connectivity index (χ4n) is 2.62. The summed E-state index contributed by atoms with van der Waals surface area (Å²) in [5, 5.41) is 5.33. The zero-order valence-corrected chi connectivity index (χ0v) is 16.4. The molecule has 2 N–H and O–H groups in total. The summed E-state index contributed by atoms with van der Waals surface area (Å²) in [4.78, 5) is 24.2. The first-order chi connectivity index (χ1) is 12.4. The first-order valence-corrected chi connectivity index (χ1v) is 8.78. The number of allylic oxidation sites excluding steroid dienone is 1. The number of hydrogen-bond acceptors (Lipinski definition) is 5. The number of halogens is 1. The van der Waals surface area contributed by atoms with Gasteiger partial charge in [0.15, 0.2) is 11.5 Å². The SMILES string of the molecule is C=CCOc1c(Br)cc([C@@H]2NC(=O)NC(C)=C2C(=O)OC)cc1OCC. The maximum absolute atomic E-state index is 12.2. The molecule has 0 bridgehead atoms. The Balaban J connectivity index is 2.54. The first-order valence-electron chi connectivity index (χ1n) is 7.99. The number of amides is 2. The van der Waals surface area contributed by atoms with Gasteiger partial charge < -0.3 is 24.8 Å². The second kappa shape index (κ2) is 8.75. The van der Waals surface area contributed by atoms with Gasteiger partial charge in [0.1, 0.15) is 6.61 Å². The lowest BCUT2D eigenvalue weighted by atomic mass is 9.95. The molecule has 0 spiro atoms. The average molecular weight is 425 g/mol. The van der Waals surface area contributed by atoms with Crippen LogP contribution in [-0.2, 0) is 9.53 Å². The minimum absolute atomic E-state index is 0.314. The van der Waals surface area contributed by atoms with E-state index in [1.165, 1.54) is 7.11 Å². The molecular formula is C18H21BrN2O5. The zero-order chi connectivity index (χ0) is 19.3. The van der Waals surface area contributed by atoms with Gasteiger partial charge in [0.2, 0.25) is 0 Å². The average Bonchev–Trinajstić information content (AvgIpc) is 2.60. The molecule has 0 aliphatic carbocycles. The monoisotopic (exact) mass is 424 g/mol. The molecule has 8 heteroatoms. The van der Waals surface area contributed by atoms with Crippen LogP contribution in [0.4, 0.5) is 4.79 Å². The molecule has 26 heavy (non-hydrogen) atoms. The minimum atomic E-state index is -0.680. The van der Waals surface area contributed by atoms with Crippen LogP contribution in [0.25, 0.3) is 0 Å². The van der Waals surface area contributed by atoms with Gasteiger partial charge in [-0.25, -0.2) is 9.59 Å². The largest absolute Gasteiger partial charge is 0.490 e. The van der Waals surface area contributed by atoms with Gasteiger partial charge >= 0.3 is 12.0 Å². The quantitative estimate of drug-likeness (QED) is 0.518. The standard InChI is InChI=1S/C18H21BrN2O5/c1-5-7-26-16-12(19)8-11(9-13(16)25-6-2)15-14(17(22)24-4)10(3)20-18(23)21-15/h5,8-9,15H,1,6-7H2,2-4H3,(H2,20,21,23)/t15-/m0/s1. The van der Waals surface area contributed by atoms with Gasteiger partial charge in [-0.2, -0.15) is 0 Å². The van der Waals surface area contributed by atoms with E-state index in [0.29, 0.717) is 46.0 Å².